The van der Waals surface area contributed by atoms with E-state index in [9.17, 15) is 9.59 Å². The second kappa shape index (κ2) is 6.88. The van der Waals surface area contributed by atoms with Gasteiger partial charge in [0, 0.05) is 23.6 Å². The molecule has 2 aliphatic heterocycles. The highest BCUT2D eigenvalue weighted by atomic mass is 79.9. The molecule has 6 nitrogen and oxygen atoms in total. The summed E-state index contributed by atoms with van der Waals surface area (Å²) in [5, 5.41) is 0. The number of rotatable bonds is 3. The molecule has 1 unspecified atom stereocenters. The van der Waals surface area contributed by atoms with Gasteiger partial charge in [0.15, 0.2) is 6.61 Å². The van der Waals surface area contributed by atoms with Gasteiger partial charge in [0.05, 0.1) is 5.69 Å². The van der Waals surface area contributed by atoms with Crippen molar-refractivity contribution in [2.24, 2.45) is 5.73 Å². The highest BCUT2D eigenvalue weighted by molar-refractivity contribution is 9.10. The lowest BCUT2D eigenvalue weighted by atomic mass is 10.0. The van der Waals surface area contributed by atoms with Crippen molar-refractivity contribution in [2.75, 3.05) is 31.1 Å². The molecule has 1 saturated heterocycles. The van der Waals surface area contributed by atoms with Crippen LogP contribution in [0.4, 0.5) is 5.69 Å². The average Bonchev–Trinajstić information content (AvgIpc) is 2.57. The van der Waals surface area contributed by atoms with Gasteiger partial charge >= 0.3 is 0 Å². The Kier molecular flexibility index (Phi) is 4.87. The normalized spacial score (nSPS) is 21.0. The van der Waals surface area contributed by atoms with Crippen LogP contribution in [0.3, 0.4) is 0 Å². The molecule has 23 heavy (non-hydrogen) atoms. The number of nitrogens with zero attached hydrogens (tertiary/aromatic N) is 2. The number of amides is 2. The van der Waals surface area contributed by atoms with E-state index in [-0.39, 0.29) is 31.0 Å². The monoisotopic (exact) mass is 381 g/mol. The van der Waals surface area contributed by atoms with Crippen LogP contribution in [0.5, 0.6) is 5.75 Å². The van der Waals surface area contributed by atoms with Crippen LogP contribution in [0.1, 0.15) is 19.3 Å². The molecule has 1 fully saturated rings. The van der Waals surface area contributed by atoms with Crippen LogP contribution in [0.15, 0.2) is 22.7 Å². The zero-order valence-corrected chi connectivity index (χ0v) is 14.4. The average molecular weight is 382 g/mol. The van der Waals surface area contributed by atoms with Crippen LogP contribution in [0, 0.1) is 0 Å². The van der Waals surface area contributed by atoms with Crippen molar-refractivity contribution in [1.29, 1.82) is 0 Å². The van der Waals surface area contributed by atoms with Crippen LogP contribution in [-0.2, 0) is 9.59 Å². The van der Waals surface area contributed by atoms with E-state index in [1.807, 2.05) is 17.0 Å². The molecule has 124 valence electrons. The Hall–Kier alpha value is -1.60. The molecular formula is C16H20BrN3O3. The van der Waals surface area contributed by atoms with Gasteiger partial charge < -0.3 is 15.4 Å². The summed E-state index contributed by atoms with van der Waals surface area (Å²) in [7, 11) is 0. The number of ether oxygens (including phenoxy) is 1. The van der Waals surface area contributed by atoms with Crippen LogP contribution < -0.4 is 15.4 Å². The number of carbonyl (C=O) groups excluding carboxylic acids is 2. The van der Waals surface area contributed by atoms with Gasteiger partial charge in [-0.25, -0.2) is 0 Å². The minimum Gasteiger partial charge on any atom is -0.482 e. The fourth-order valence-electron chi connectivity index (χ4n) is 3.15. The standard InChI is InChI=1S/C16H20BrN3O3/c17-11-4-5-13-14(7-11)23-10-16(22)20(13)9-15(21)19-6-2-1-3-12(19)8-18/h4-5,7,12H,1-3,6,8-10,18H2. The largest absolute Gasteiger partial charge is 0.482 e. The summed E-state index contributed by atoms with van der Waals surface area (Å²) in [5.41, 5.74) is 6.42. The first-order chi connectivity index (χ1) is 11.1. The van der Waals surface area contributed by atoms with E-state index in [0.717, 1.165) is 23.7 Å². The van der Waals surface area contributed by atoms with Crippen molar-refractivity contribution in [3.8, 4) is 5.75 Å². The molecule has 2 heterocycles. The third-order valence-corrected chi connectivity index (χ3v) is 4.87. The van der Waals surface area contributed by atoms with E-state index in [4.69, 9.17) is 10.5 Å². The number of likely N-dealkylation sites (tertiary alicyclic amines) is 1. The minimum absolute atomic E-state index is 0.0350. The zero-order valence-electron chi connectivity index (χ0n) is 12.8. The van der Waals surface area contributed by atoms with Crippen molar-refractivity contribution in [1.82, 2.24) is 4.90 Å². The molecule has 0 bridgehead atoms. The number of carbonyl (C=O) groups is 2. The third kappa shape index (κ3) is 3.35. The molecule has 0 spiro atoms. The molecule has 1 atom stereocenters. The van der Waals surface area contributed by atoms with E-state index in [0.29, 0.717) is 24.5 Å². The quantitative estimate of drug-likeness (QED) is 0.860. The Morgan fingerprint density at radius 1 is 1.39 bits per heavy atom. The van der Waals surface area contributed by atoms with E-state index < -0.39 is 0 Å². The van der Waals surface area contributed by atoms with E-state index >= 15 is 0 Å². The van der Waals surface area contributed by atoms with Gasteiger partial charge in [-0.2, -0.15) is 0 Å². The molecule has 1 aromatic rings. The van der Waals surface area contributed by atoms with Gasteiger partial charge in [0.1, 0.15) is 12.3 Å². The van der Waals surface area contributed by atoms with E-state index in [1.165, 1.54) is 4.90 Å². The lowest BCUT2D eigenvalue weighted by Crippen LogP contribution is -2.52. The Morgan fingerprint density at radius 3 is 3.00 bits per heavy atom. The van der Waals surface area contributed by atoms with Crippen LogP contribution in [-0.4, -0.2) is 49.0 Å². The predicted octanol–water partition coefficient (Wildman–Crippen LogP) is 1.51. The van der Waals surface area contributed by atoms with Crippen molar-refractivity contribution >= 4 is 33.4 Å². The maximum atomic E-state index is 12.7. The Morgan fingerprint density at radius 2 is 2.22 bits per heavy atom. The van der Waals surface area contributed by atoms with Gasteiger partial charge in [0.2, 0.25) is 5.91 Å². The number of anilines is 1. The maximum Gasteiger partial charge on any atom is 0.265 e. The highest BCUT2D eigenvalue weighted by Crippen LogP contribution is 2.34. The number of piperidine rings is 1. The second-order valence-corrected chi connectivity index (χ2v) is 6.77. The molecule has 0 aromatic heterocycles. The molecule has 0 aliphatic carbocycles. The first-order valence-electron chi connectivity index (χ1n) is 7.82. The molecule has 0 radical (unpaired) electrons. The summed E-state index contributed by atoms with van der Waals surface area (Å²) in [6, 6.07) is 5.52. The summed E-state index contributed by atoms with van der Waals surface area (Å²) < 4.78 is 6.32. The number of nitrogens with two attached hydrogens (primary N) is 1. The fourth-order valence-corrected chi connectivity index (χ4v) is 3.49. The molecule has 3 rings (SSSR count). The molecule has 2 amide bonds. The number of fused-ring (bicyclic) bond motifs is 1. The molecule has 1 aromatic carbocycles. The van der Waals surface area contributed by atoms with Crippen LogP contribution in [0.2, 0.25) is 0 Å². The van der Waals surface area contributed by atoms with Crippen LogP contribution in [0.25, 0.3) is 0 Å². The van der Waals surface area contributed by atoms with Crippen molar-refractivity contribution < 1.29 is 14.3 Å². The molecule has 2 N–H and O–H groups in total. The molecular weight excluding hydrogens is 362 g/mol. The maximum absolute atomic E-state index is 12.7. The molecule has 0 saturated carbocycles. The first-order valence-corrected chi connectivity index (χ1v) is 8.61. The number of benzene rings is 1. The first kappa shape index (κ1) is 16.3. The third-order valence-electron chi connectivity index (χ3n) is 4.38. The number of halogens is 1. The van der Waals surface area contributed by atoms with E-state index in [2.05, 4.69) is 15.9 Å². The van der Waals surface area contributed by atoms with Crippen LogP contribution >= 0.6 is 15.9 Å². The lowest BCUT2D eigenvalue weighted by molar-refractivity contribution is -0.134. The Bertz CT molecular complexity index is 623. The second-order valence-electron chi connectivity index (χ2n) is 5.85. The topological polar surface area (TPSA) is 75.9 Å². The smallest absolute Gasteiger partial charge is 0.265 e. The van der Waals surface area contributed by atoms with Crippen molar-refractivity contribution in [3.63, 3.8) is 0 Å². The number of hydrogen-bond donors (Lipinski definition) is 1. The number of hydrogen-bond acceptors (Lipinski definition) is 4. The molecule has 7 heteroatoms. The SMILES string of the molecule is NCC1CCCCN1C(=O)CN1C(=O)COc2cc(Br)ccc21. The molecule has 2 aliphatic rings. The summed E-state index contributed by atoms with van der Waals surface area (Å²) in [6.45, 7) is 1.17. The summed E-state index contributed by atoms with van der Waals surface area (Å²) >= 11 is 3.38. The summed E-state index contributed by atoms with van der Waals surface area (Å²) in [4.78, 5) is 28.2. The van der Waals surface area contributed by atoms with Gasteiger partial charge in [-0.05, 0) is 37.5 Å². The predicted molar refractivity (Wildman–Crippen MR) is 90.4 cm³/mol. The van der Waals surface area contributed by atoms with Crippen molar-refractivity contribution in [3.05, 3.63) is 22.7 Å². The fraction of sp³-hybridized carbons (Fsp3) is 0.500. The van der Waals surface area contributed by atoms with Gasteiger partial charge in [-0.1, -0.05) is 15.9 Å². The summed E-state index contributed by atoms with van der Waals surface area (Å²) in [5.74, 6) is 0.361. The lowest BCUT2D eigenvalue weighted by Gasteiger charge is -2.37. The zero-order chi connectivity index (χ0) is 16.4. The van der Waals surface area contributed by atoms with E-state index in [1.54, 1.807) is 6.07 Å². The summed E-state index contributed by atoms with van der Waals surface area (Å²) in [6.07, 6.45) is 3.02. The minimum atomic E-state index is -0.200. The van der Waals surface area contributed by atoms with Gasteiger partial charge in [-0.3, -0.25) is 14.5 Å². The van der Waals surface area contributed by atoms with Gasteiger partial charge in [0.25, 0.3) is 5.91 Å². The Balaban J connectivity index is 1.79. The van der Waals surface area contributed by atoms with Crippen molar-refractivity contribution in [2.45, 2.75) is 25.3 Å². The highest BCUT2D eigenvalue weighted by Gasteiger charge is 2.31. The van der Waals surface area contributed by atoms with Gasteiger partial charge in [-0.15, -0.1) is 0 Å². The Labute approximate surface area is 143 Å².